The summed E-state index contributed by atoms with van der Waals surface area (Å²) >= 11 is 5.33. The van der Waals surface area contributed by atoms with Gasteiger partial charge >= 0.3 is 6.18 Å². The van der Waals surface area contributed by atoms with Crippen molar-refractivity contribution in [1.82, 2.24) is 8.61 Å². The topological polar surface area (TPSA) is 98.2 Å². The van der Waals surface area contributed by atoms with Gasteiger partial charge in [-0.1, -0.05) is 66.8 Å². The molecule has 1 saturated heterocycles. The number of nitrogens with zero attached hydrogens (tertiary/aromatic N) is 3. The van der Waals surface area contributed by atoms with Gasteiger partial charge in [0.1, 0.15) is 0 Å². The summed E-state index contributed by atoms with van der Waals surface area (Å²) in [5.41, 5.74) is -2.23. The zero-order valence-electron chi connectivity index (χ0n) is 23.9. The quantitative estimate of drug-likeness (QED) is 0.397. The monoisotopic (exact) mass is 657 g/mol. The minimum Gasteiger partial charge on any atom is -0.376 e. The lowest BCUT2D eigenvalue weighted by atomic mass is 9.95. The summed E-state index contributed by atoms with van der Waals surface area (Å²) in [6.07, 6.45) is 1.34. The second-order valence-corrected chi connectivity index (χ2v) is 15.2. The Labute approximate surface area is 256 Å². The summed E-state index contributed by atoms with van der Waals surface area (Å²) in [5.74, 6) is 0. The molecular weight excluding hydrogens is 624 g/mol. The van der Waals surface area contributed by atoms with Crippen LogP contribution >= 0.6 is 12.2 Å². The van der Waals surface area contributed by atoms with Crippen LogP contribution in [0.4, 0.5) is 18.9 Å². The van der Waals surface area contributed by atoms with Crippen LogP contribution in [0.15, 0.2) is 77.7 Å². The van der Waals surface area contributed by atoms with Crippen LogP contribution in [0.1, 0.15) is 37.4 Å². The van der Waals surface area contributed by atoms with E-state index in [0.717, 1.165) is 11.8 Å². The summed E-state index contributed by atoms with van der Waals surface area (Å²) in [6, 6.07) is 12.9. The smallest absolute Gasteiger partial charge is 0.376 e. The predicted molar refractivity (Wildman–Crippen MR) is 165 cm³/mol. The number of sulfonamides is 2. The standard InChI is InChI=1S/C29H34F3N3O5S3/c1-21(22-9-5-4-6-10-22)35(42(3,37)38)20-25-19-33(43(39,40)27-12-8-7-11-26(27)41)17-18-34(25)24-15-13-23(14-16-24)28(2,36)29(30,31)32/h4-10,12-16,21,25,36H,11,17-20H2,1-3H3/t21?,25-,28?/m1/s1. The molecule has 8 nitrogen and oxygen atoms in total. The van der Waals surface area contributed by atoms with Crippen LogP contribution in [0, 0.1) is 0 Å². The fourth-order valence-corrected chi connectivity index (χ4v) is 8.47. The minimum atomic E-state index is -4.90. The molecule has 0 spiro atoms. The van der Waals surface area contributed by atoms with Crippen molar-refractivity contribution < 1.29 is 35.1 Å². The van der Waals surface area contributed by atoms with Crippen LogP contribution in [0.2, 0.25) is 0 Å². The molecule has 0 saturated carbocycles. The van der Waals surface area contributed by atoms with E-state index >= 15 is 0 Å². The van der Waals surface area contributed by atoms with Gasteiger partial charge in [0.15, 0.2) is 5.60 Å². The van der Waals surface area contributed by atoms with E-state index in [0.29, 0.717) is 19.0 Å². The van der Waals surface area contributed by atoms with Crippen molar-refractivity contribution in [3.05, 3.63) is 88.9 Å². The van der Waals surface area contributed by atoms with E-state index in [1.807, 2.05) is 6.07 Å². The van der Waals surface area contributed by atoms with Crippen molar-refractivity contribution >= 4 is 42.8 Å². The maximum absolute atomic E-state index is 13.7. The van der Waals surface area contributed by atoms with E-state index in [1.165, 1.54) is 39.0 Å². The molecule has 3 atom stereocenters. The summed E-state index contributed by atoms with van der Waals surface area (Å²) in [4.78, 5) is 2.10. The van der Waals surface area contributed by atoms with Crippen molar-refractivity contribution in [1.29, 1.82) is 0 Å². The van der Waals surface area contributed by atoms with Gasteiger partial charge in [0.25, 0.3) is 0 Å². The Bertz CT molecular complexity index is 1610. The third-order valence-corrected chi connectivity index (χ3v) is 11.7. The van der Waals surface area contributed by atoms with Crippen LogP contribution in [-0.2, 0) is 25.6 Å². The number of alkyl halides is 3. The number of rotatable bonds is 9. The molecule has 0 aromatic heterocycles. The number of benzene rings is 2. The van der Waals surface area contributed by atoms with Crippen LogP contribution in [0.5, 0.6) is 0 Å². The molecule has 14 heteroatoms. The maximum atomic E-state index is 13.7. The Balaban J connectivity index is 1.72. The first-order chi connectivity index (χ1) is 19.9. The molecule has 1 fully saturated rings. The largest absolute Gasteiger partial charge is 0.421 e. The van der Waals surface area contributed by atoms with Crippen molar-refractivity contribution in [3.63, 3.8) is 0 Å². The average Bonchev–Trinajstić information content (AvgIpc) is 2.95. The molecule has 1 heterocycles. The van der Waals surface area contributed by atoms with Gasteiger partial charge in [-0.05, 0) is 43.2 Å². The number of hydrogen-bond donors (Lipinski definition) is 1. The van der Waals surface area contributed by atoms with E-state index in [2.05, 4.69) is 0 Å². The zero-order chi connectivity index (χ0) is 31.8. The van der Waals surface area contributed by atoms with Gasteiger partial charge in [-0.3, -0.25) is 0 Å². The van der Waals surface area contributed by atoms with Crippen LogP contribution < -0.4 is 4.90 Å². The normalized spacial score (nSPS) is 21.0. The van der Waals surface area contributed by atoms with Gasteiger partial charge in [0.2, 0.25) is 20.0 Å². The third-order valence-electron chi connectivity index (χ3n) is 7.87. The van der Waals surface area contributed by atoms with E-state index in [-0.39, 0.29) is 41.5 Å². The first-order valence-corrected chi connectivity index (χ1v) is 17.2. The summed E-state index contributed by atoms with van der Waals surface area (Å²) in [5, 5.41) is 10.1. The maximum Gasteiger partial charge on any atom is 0.421 e. The number of aliphatic hydroxyl groups is 1. The highest BCUT2D eigenvalue weighted by Crippen LogP contribution is 2.39. The van der Waals surface area contributed by atoms with E-state index in [1.54, 1.807) is 48.2 Å². The molecule has 0 amide bonds. The Morgan fingerprint density at radius 3 is 2.23 bits per heavy atom. The lowest BCUT2D eigenvalue weighted by molar-refractivity contribution is -0.258. The van der Waals surface area contributed by atoms with Crippen molar-refractivity contribution in [2.75, 3.05) is 37.3 Å². The van der Waals surface area contributed by atoms with Gasteiger partial charge in [-0.15, -0.1) is 0 Å². The summed E-state index contributed by atoms with van der Waals surface area (Å²) in [7, 11) is -7.81. The van der Waals surface area contributed by atoms with Gasteiger partial charge in [0, 0.05) is 49.2 Å². The minimum absolute atomic E-state index is 0.0218. The number of piperazine rings is 1. The van der Waals surface area contributed by atoms with Crippen molar-refractivity contribution in [2.24, 2.45) is 0 Å². The average molecular weight is 658 g/mol. The van der Waals surface area contributed by atoms with Gasteiger partial charge in [0.05, 0.1) is 17.2 Å². The molecule has 0 bridgehead atoms. The SMILES string of the molecule is CC(c1ccccc1)N(C[C@H]1CN(S(=O)(=O)C2=CC=CCC2=S)CCN1c1ccc(C(C)(O)C(F)(F)F)cc1)S(C)(=O)=O. The molecule has 234 valence electrons. The number of hydrogen-bond acceptors (Lipinski definition) is 7. The molecular formula is C29H34F3N3O5S3. The molecule has 0 radical (unpaired) electrons. The van der Waals surface area contributed by atoms with Gasteiger partial charge in [-0.25, -0.2) is 16.8 Å². The summed E-state index contributed by atoms with van der Waals surface area (Å²) < 4.78 is 96.4. The predicted octanol–water partition coefficient (Wildman–Crippen LogP) is 4.51. The molecule has 1 aliphatic carbocycles. The van der Waals surface area contributed by atoms with Crippen LogP contribution in [0.25, 0.3) is 0 Å². The first-order valence-electron chi connectivity index (χ1n) is 13.5. The fourth-order valence-electron chi connectivity index (χ4n) is 5.26. The van der Waals surface area contributed by atoms with Crippen LogP contribution in [0.3, 0.4) is 0 Å². The van der Waals surface area contributed by atoms with Crippen LogP contribution in [-0.4, -0.2) is 80.1 Å². The van der Waals surface area contributed by atoms with Gasteiger partial charge < -0.3 is 10.0 Å². The number of allylic oxidation sites excluding steroid dienone is 4. The second-order valence-electron chi connectivity index (χ2n) is 10.8. The van der Waals surface area contributed by atoms with E-state index in [9.17, 15) is 35.1 Å². The van der Waals surface area contributed by atoms with E-state index < -0.39 is 43.9 Å². The molecule has 2 aromatic carbocycles. The first kappa shape index (κ1) is 33.3. The zero-order valence-corrected chi connectivity index (χ0v) is 26.3. The highest BCUT2D eigenvalue weighted by molar-refractivity contribution is 7.96. The highest BCUT2D eigenvalue weighted by atomic mass is 32.2. The Kier molecular flexibility index (Phi) is 9.60. The molecule has 43 heavy (non-hydrogen) atoms. The Morgan fingerprint density at radius 1 is 1.05 bits per heavy atom. The van der Waals surface area contributed by atoms with E-state index in [4.69, 9.17) is 12.2 Å². The lowest BCUT2D eigenvalue weighted by Gasteiger charge is -2.44. The Hall–Kier alpha value is -2.62. The molecule has 2 aromatic rings. The lowest BCUT2D eigenvalue weighted by Crippen LogP contribution is -2.59. The van der Waals surface area contributed by atoms with Crippen molar-refractivity contribution in [3.8, 4) is 0 Å². The number of thiocarbonyl (C=S) groups is 1. The third kappa shape index (κ3) is 7.04. The molecule has 2 unspecified atom stereocenters. The number of anilines is 1. The highest BCUT2D eigenvalue weighted by Gasteiger charge is 2.51. The second kappa shape index (κ2) is 12.4. The fraction of sp³-hybridized carbons (Fsp3) is 0.414. The van der Waals surface area contributed by atoms with Gasteiger partial charge in [-0.2, -0.15) is 21.8 Å². The Morgan fingerprint density at radius 2 is 1.67 bits per heavy atom. The van der Waals surface area contributed by atoms with Crippen molar-refractivity contribution in [2.45, 2.75) is 44.1 Å². The molecule has 4 rings (SSSR count). The molecule has 2 aliphatic rings. The summed E-state index contributed by atoms with van der Waals surface area (Å²) in [6.45, 7) is 2.38. The molecule has 1 aliphatic heterocycles. The number of halogens is 3. The molecule has 1 N–H and O–H groups in total.